The summed E-state index contributed by atoms with van der Waals surface area (Å²) >= 11 is 9.85. The number of imidazole rings is 1. The number of nitrogens with one attached hydrogen (secondary N) is 1. The quantitative estimate of drug-likeness (QED) is 0.893. The highest BCUT2D eigenvalue weighted by Gasteiger charge is 2.23. The summed E-state index contributed by atoms with van der Waals surface area (Å²) in [5.74, 6) is 0.889. The molecule has 0 spiro atoms. The van der Waals surface area contributed by atoms with E-state index in [9.17, 15) is 0 Å². The van der Waals surface area contributed by atoms with Crippen LogP contribution in [0.1, 0.15) is 24.1 Å². The van der Waals surface area contributed by atoms with Crippen LogP contribution in [0, 0.1) is 13.8 Å². The molecule has 0 aliphatic heterocycles. The zero-order valence-electron chi connectivity index (χ0n) is 10.9. The van der Waals surface area contributed by atoms with Gasteiger partial charge in [-0.2, -0.15) is 0 Å². The second-order valence-electron chi connectivity index (χ2n) is 5.05. The zero-order chi connectivity index (χ0) is 13.6. The summed E-state index contributed by atoms with van der Waals surface area (Å²) in [7, 11) is 0. The Morgan fingerprint density at radius 3 is 2.79 bits per heavy atom. The number of rotatable bonds is 3. The Morgan fingerprint density at radius 2 is 2.11 bits per heavy atom. The first kappa shape index (κ1) is 13.0. The van der Waals surface area contributed by atoms with E-state index in [1.165, 1.54) is 12.8 Å². The Hall–Kier alpha value is -1.00. The topological polar surface area (TPSA) is 29.9 Å². The highest BCUT2D eigenvalue weighted by atomic mass is 79.9. The van der Waals surface area contributed by atoms with Crippen LogP contribution in [-0.2, 0) is 0 Å². The summed E-state index contributed by atoms with van der Waals surface area (Å²) in [6, 6.07) is 4.58. The first-order valence-electron chi connectivity index (χ1n) is 6.33. The second kappa shape index (κ2) is 4.84. The minimum Gasteiger partial charge on any atom is -0.353 e. The van der Waals surface area contributed by atoms with Gasteiger partial charge in [0.15, 0.2) is 0 Å². The van der Waals surface area contributed by atoms with Gasteiger partial charge in [-0.05, 0) is 60.3 Å². The van der Waals surface area contributed by atoms with Gasteiger partial charge >= 0.3 is 0 Å². The van der Waals surface area contributed by atoms with Crippen molar-refractivity contribution in [3.05, 3.63) is 39.1 Å². The largest absolute Gasteiger partial charge is 0.353 e. The Balaban J connectivity index is 2.07. The third kappa shape index (κ3) is 2.65. The molecule has 3 nitrogen and oxygen atoms in total. The van der Waals surface area contributed by atoms with E-state index in [2.05, 4.69) is 30.8 Å². The van der Waals surface area contributed by atoms with Crippen molar-refractivity contribution in [1.29, 1.82) is 0 Å². The molecule has 1 aromatic carbocycles. The summed E-state index contributed by atoms with van der Waals surface area (Å²) in [4.78, 5) is 4.55. The summed E-state index contributed by atoms with van der Waals surface area (Å²) in [5.41, 5.74) is 3.07. The second-order valence-corrected chi connectivity index (χ2v) is 6.31. The normalized spacial score (nSPS) is 14.7. The molecule has 19 heavy (non-hydrogen) atoms. The molecule has 0 bridgehead atoms. The number of halogens is 2. The molecule has 0 unspecified atom stereocenters. The average Bonchev–Trinajstić information content (AvgIpc) is 3.07. The number of aryl methyl sites for hydroxylation is 2. The van der Waals surface area contributed by atoms with Gasteiger partial charge in [-0.3, -0.25) is 4.57 Å². The van der Waals surface area contributed by atoms with E-state index in [0.717, 1.165) is 32.4 Å². The van der Waals surface area contributed by atoms with Gasteiger partial charge in [0, 0.05) is 21.7 Å². The fourth-order valence-electron chi connectivity index (χ4n) is 2.01. The number of aromatic nitrogens is 2. The van der Waals surface area contributed by atoms with Crippen molar-refractivity contribution in [2.75, 3.05) is 5.32 Å². The van der Waals surface area contributed by atoms with Gasteiger partial charge in [-0.25, -0.2) is 4.98 Å². The predicted molar refractivity (Wildman–Crippen MR) is 82.4 cm³/mol. The van der Waals surface area contributed by atoms with E-state index in [1.807, 2.05) is 32.2 Å². The SMILES string of the molecule is Cc1cn(-c2cc(Cl)c(C)cc2Br)c(NC2CC2)n1. The van der Waals surface area contributed by atoms with E-state index >= 15 is 0 Å². The molecule has 1 saturated carbocycles. The summed E-state index contributed by atoms with van der Waals surface area (Å²) < 4.78 is 3.08. The van der Waals surface area contributed by atoms with Crippen molar-refractivity contribution >= 4 is 33.5 Å². The minimum atomic E-state index is 0.570. The molecule has 100 valence electrons. The Morgan fingerprint density at radius 1 is 1.37 bits per heavy atom. The van der Waals surface area contributed by atoms with Crippen LogP contribution in [0.5, 0.6) is 0 Å². The maximum Gasteiger partial charge on any atom is 0.207 e. The molecule has 0 amide bonds. The van der Waals surface area contributed by atoms with Crippen molar-refractivity contribution in [2.45, 2.75) is 32.7 Å². The van der Waals surface area contributed by atoms with E-state index in [1.54, 1.807) is 0 Å². The van der Waals surface area contributed by atoms with Crippen LogP contribution in [0.2, 0.25) is 5.02 Å². The van der Waals surface area contributed by atoms with E-state index < -0.39 is 0 Å². The van der Waals surface area contributed by atoms with Crippen molar-refractivity contribution in [3.63, 3.8) is 0 Å². The number of nitrogens with zero attached hydrogens (tertiary/aromatic N) is 2. The van der Waals surface area contributed by atoms with E-state index in [4.69, 9.17) is 11.6 Å². The van der Waals surface area contributed by atoms with Crippen LogP contribution in [0.25, 0.3) is 5.69 Å². The molecule has 1 aromatic heterocycles. The number of hydrogen-bond donors (Lipinski definition) is 1. The van der Waals surface area contributed by atoms with Crippen LogP contribution in [-0.4, -0.2) is 15.6 Å². The summed E-state index contributed by atoms with van der Waals surface area (Å²) in [5, 5.41) is 4.22. The molecular weight excluding hydrogens is 326 g/mol. The van der Waals surface area contributed by atoms with Gasteiger partial charge in [0.25, 0.3) is 0 Å². The molecule has 2 aromatic rings. The van der Waals surface area contributed by atoms with Gasteiger partial charge < -0.3 is 5.32 Å². The molecule has 0 atom stereocenters. The monoisotopic (exact) mass is 339 g/mol. The molecular formula is C14H15BrClN3. The van der Waals surface area contributed by atoms with Crippen LogP contribution in [0.15, 0.2) is 22.8 Å². The average molecular weight is 341 g/mol. The molecule has 1 N–H and O–H groups in total. The fraction of sp³-hybridized carbons (Fsp3) is 0.357. The predicted octanol–water partition coefficient (Wildman–Crippen LogP) is 4.48. The molecule has 3 rings (SSSR count). The van der Waals surface area contributed by atoms with Crippen molar-refractivity contribution in [2.24, 2.45) is 0 Å². The number of hydrogen-bond acceptors (Lipinski definition) is 2. The highest BCUT2D eigenvalue weighted by Crippen LogP contribution is 2.32. The lowest BCUT2D eigenvalue weighted by molar-refractivity contribution is 0.997. The maximum atomic E-state index is 6.24. The third-order valence-corrected chi connectivity index (χ3v) is 4.27. The maximum absolute atomic E-state index is 6.24. The lowest BCUT2D eigenvalue weighted by Crippen LogP contribution is -2.08. The van der Waals surface area contributed by atoms with Gasteiger partial charge in [0.2, 0.25) is 5.95 Å². The molecule has 1 aliphatic carbocycles. The molecule has 5 heteroatoms. The Bertz CT molecular complexity index is 632. The summed E-state index contributed by atoms with van der Waals surface area (Å²) in [6.45, 7) is 4.00. The van der Waals surface area contributed by atoms with Crippen molar-refractivity contribution < 1.29 is 0 Å². The highest BCUT2D eigenvalue weighted by molar-refractivity contribution is 9.10. The smallest absolute Gasteiger partial charge is 0.207 e. The lowest BCUT2D eigenvalue weighted by Gasteiger charge is -2.12. The first-order valence-corrected chi connectivity index (χ1v) is 7.50. The number of anilines is 1. The third-order valence-electron chi connectivity index (χ3n) is 3.22. The fourth-order valence-corrected chi connectivity index (χ4v) is 2.82. The van der Waals surface area contributed by atoms with Crippen LogP contribution in [0.4, 0.5) is 5.95 Å². The standard InChI is InChI=1S/C14H15BrClN3/c1-8-5-11(15)13(6-12(8)16)19-7-9(2)17-14(19)18-10-3-4-10/h5-7,10H,3-4H2,1-2H3,(H,17,18). The van der Waals surface area contributed by atoms with Gasteiger partial charge in [-0.1, -0.05) is 11.6 Å². The molecule has 0 saturated heterocycles. The summed E-state index contributed by atoms with van der Waals surface area (Å²) in [6.07, 6.45) is 4.47. The Labute approximate surface area is 126 Å². The molecule has 1 fully saturated rings. The number of benzene rings is 1. The van der Waals surface area contributed by atoms with Crippen molar-refractivity contribution in [1.82, 2.24) is 9.55 Å². The van der Waals surface area contributed by atoms with Crippen LogP contribution >= 0.6 is 27.5 Å². The van der Waals surface area contributed by atoms with E-state index in [0.29, 0.717) is 6.04 Å². The molecule has 0 radical (unpaired) electrons. The van der Waals surface area contributed by atoms with Gasteiger partial charge in [0.05, 0.1) is 11.4 Å². The van der Waals surface area contributed by atoms with Crippen LogP contribution < -0.4 is 5.32 Å². The van der Waals surface area contributed by atoms with E-state index in [-0.39, 0.29) is 0 Å². The van der Waals surface area contributed by atoms with Crippen LogP contribution in [0.3, 0.4) is 0 Å². The Kier molecular flexibility index (Phi) is 3.31. The zero-order valence-corrected chi connectivity index (χ0v) is 13.2. The minimum absolute atomic E-state index is 0.570. The van der Waals surface area contributed by atoms with Crippen molar-refractivity contribution in [3.8, 4) is 5.69 Å². The first-order chi connectivity index (χ1) is 9.04. The van der Waals surface area contributed by atoms with Gasteiger partial charge in [-0.15, -0.1) is 0 Å². The molecule has 1 heterocycles. The van der Waals surface area contributed by atoms with Gasteiger partial charge in [0.1, 0.15) is 0 Å². The lowest BCUT2D eigenvalue weighted by atomic mass is 10.2. The molecule has 1 aliphatic rings.